The number of hydrogen-bond acceptors (Lipinski definition) is 4. The van der Waals surface area contributed by atoms with Gasteiger partial charge in [0, 0.05) is 30.7 Å². The third-order valence-corrected chi connectivity index (χ3v) is 5.01. The lowest BCUT2D eigenvalue weighted by atomic mass is 10.0. The molecule has 3 rings (SSSR count). The summed E-state index contributed by atoms with van der Waals surface area (Å²) >= 11 is 5.59. The third-order valence-electron chi connectivity index (χ3n) is 4.65. The molecule has 0 bridgehead atoms. The van der Waals surface area contributed by atoms with Gasteiger partial charge < -0.3 is 19.5 Å². The molecule has 1 aliphatic heterocycles. The van der Waals surface area contributed by atoms with Crippen LogP contribution in [0.15, 0.2) is 42.7 Å². The Hall–Kier alpha value is -2.41. The summed E-state index contributed by atoms with van der Waals surface area (Å²) in [6, 6.07) is 10.2. The maximum absolute atomic E-state index is 11.7. The second kappa shape index (κ2) is 7.86. The van der Waals surface area contributed by atoms with Gasteiger partial charge in [-0.2, -0.15) is 0 Å². The number of carbonyl (C=O) groups is 1. The summed E-state index contributed by atoms with van der Waals surface area (Å²) in [6.07, 6.45) is 4.15. The SMILES string of the molecule is COC(=O)CCN1C(=S)NC(c2ccccn2)C1c1cccn1C(C)C. The Balaban J connectivity index is 1.99. The van der Waals surface area contributed by atoms with Crippen LogP contribution in [0.5, 0.6) is 0 Å². The average Bonchev–Trinajstić information content (AvgIpc) is 3.24. The summed E-state index contributed by atoms with van der Waals surface area (Å²) in [7, 11) is 1.40. The Morgan fingerprint density at radius 3 is 2.81 bits per heavy atom. The van der Waals surface area contributed by atoms with Crippen LogP contribution in [0.3, 0.4) is 0 Å². The van der Waals surface area contributed by atoms with Gasteiger partial charge in [-0.1, -0.05) is 6.07 Å². The molecule has 138 valence electrons. The van der Waals surface area contributed by atoms with Crippen molar-refractivity contribution in [3.05, 3.63) is 54.1 Å². The van der Waals surface area contributed by atoms with E-state index in [1.165, 1.54) is 7.11 Å². The molecule has 1 N–H and O–H groups in total. The zero-order valence-corrected chi connectivity index (χ0v) is 16.1. The molecule has 2 aromatic heterocycles. The molecule has 0 radical (unpaired) electrons. The molecule has 1 aliphatic rings. The van der Waals surface area contributed by atoms with E-state index in [1.54, 1.807) is 6.20 Å². The van der Waals surface area contributed by atoms with Gasteiger partial charge in [0.05, 0.1) is 31.3 Å². The minimum absolute atomic E-state index is 0.0422. The fourth-order valence-corrected chi connectivity index (χ4v) is 3.74. The maximum atomic E-state index is 11.7. The predicted octanol–water partition coefficient (Wildman–Crippen LogP) is 3.00. The molecule has 0 aromatic carbocycles. The van der Waals surface area contributed by atoms with E-state index in [0.29, 0.717) is 17.7 Å². The molecule has 0 amide bonds. The summed E-state index contributed by atoms with van der Waals surface area (Å²) in [5, 5.41) is 4.03. The van der Waals surface area contributed by atoms with E-state index in [1.807, 2.05) is 24.3 Å². The van der Waals surface area contributed by atoms with Crippen LogP contribution >= 0.6 is 12.2 Å². The van der Waals surface area contributed by atoms with Gasteiger partial charge in [0.15, 0.2) is 5.11 Å². The van der Waals surface area contributed by atoms with Gasteiger partial charge in [0.2, 0.25) is 0 Å². The van der Waals surface area contributed by atoms with E-state index in [2.05, 4.69) is 45.9 Å². The van der Waals surface area contributed by atoms with Crippen LogP contribution in [-0.2, 0) is 9.53 Å². The summed E-state index contributed by atoms with van der Waals surface area (Å²) in [5.41, 5.74) is 2.07. The van der Waals surface area contributed by atoms with Gasteiger partial charge in [0.1, 0.15) is 0 Å². The van der Waals surface area contributed by atoms with Crippen molar-refractivity contribution < 1.29 is 9.53 Å². The third kappa shape index (κ3) is 3.58. The van der Waals surface area contributed by atoms with E-state index in [9.17, 15) is 4.79 Å². The summed E-state index contributed by atoms with van der Waals surface area (Å²) in [5.74, 6) is -0.243. The summed E-state index contributed by atoms with van der Waals surface area (Å²) in [6.45, 7) is 4.80. The van der Waals surface area contributed by atoms with Crippen molar-refractivity contribution in [2.24, 2.45) is 0 Å². The van der Waals surface area contributed by atoms with Crippen molar-refractivity contribution in [2.75, 3.05) is 13.7 Å². The normalized spacial score (nSPS) is 19.7. The van der Waals surface area contributed by atoms with Gasteiger partial charge in [-0.3, -0.25) is 9.78 Å². The van der Waals surface area contributed by atoms with Crippen molar-refractivity contribution in [1.29, 1.82) is 0 Å². The fraction of sp³-hybridized carbons (Fsp3) is 0.421. The predicted molar refractivity (Wildman–Crippen MR) is 104 cm³/mol. The number of aromatic nitrogens is 2. The second-order valence-corrected chi connectivity index (χ2v) is 6.97. The van der Waals surface area contributed by atoms with Crippen molar-refractivity contribution in [2.45, 2.75) is 38.4 Å². The van der Waals surface area contributed by atoms with E-state index in [4.69, 9.17) is 17.0 Å². The summed E-state index contributed by atoms with van der Waals surface area (Å²) in [4.78, 5) is 18.3. The molecule has 2 atom stereocenters. The number of nitrogens with one attached hydrogen (secondary N) is 1. The van der Waals surface area contributed by atoms with Crippen molar-refractivity contribution in [1.82, 2.24) is 19.8 Å². The molecular formula is C19H24N4O2S. The van der Waals surface area contributed by atoms with Crippen LogP contribution in [0.4, 0.5) is 0 Å². The number of methoxy groups -OCH3 is 1. The van der Waals surface area contributed by atoms with E-state index >= 15 is 0 Å². The van der Waals surface area contributed by atoms with Gasteiger partial charge in [0.25, 0.3) is 0 Å². The lowest BCUT2D eigenvalue weighted by Gasteiger charge is -2.29. The van der Waals surface area contributed by atoms with Crippen molar-refractivity contribution >= 4 is 23.3 Å². The Morgan fingerprint density at radius 1 is 1.35 bits per heavy atom. The number of carbonyl (C=O) groups excluding carboxylic acids is 1. The number of esters is 1. The number of hydrogen-bond donors (Lipinski definition) is 1. The largest absolute Gasteiger partial charge is 0.469 e. The highest BCUT2D eigenvalue weighted by molar-refractivity contribution is 7.80. The molecule has 2 unspecified atom stereocenters. The minimum Gasteiger partial charge on any atom is -0.469 e. The zero-order valence-electron chi connectivity index (χ0n) is 15.3. The fourth-order valence-electron chi connectivity index (χ4n) is 3.41. The standard InChI is InChI=1S/C19H24N4O2S/c1-13(2)22-11-6-8-15(22)18-17(14-7-4-5-10-20-14)21-19(26)23(18)12-9-16(24)25-3/h4-8,10-11,13,17-18H,9,12H2,1-3H3,(H,21,26). The molecule has 0 spiro atoms. The lowest BCUT2D eigenvalue weighted by molar-refractivity contribution is -0.140. The number of rotatable bonds is 6. The topological polar surface area (TPSA) is 59.4 Å². The lowest BCUT2D eigenvalue weighted by Crippen LogP contribution is -2.32. The van der Waals surface area contributed by atoms with Gasteiger partial charge >= 0.3 is 5.97 Å². The quantitative estimate of drug-likeness (QED) is 0.621. The first-order valence-electron chi connectivity index (χ1n) is 8.74. The Labute approximate surface area is 159 Å². The highest BCUT2D eigenvalue weighted by Crippen LogP contribution is 2.39. The number of pyridine rings is 1. The molecule has 2 aromatic rings. The first-order valence-corrected chi connectivity index (χ1v) is 9.15. The Morgan fingerprint density at radius 2 is 2.15 bits per heavy atom. The molecule has 0 saturated carbocycles. The molecule has 7 heteroatoms. The number of ether oxygens (including phenoxy) is 1. The molecule has 1 fully saturated rings. The van der Waals surface area contributed by atoms with Gasteiger partial charge in [-0.05, 0) is 50.3 Å². The summed E-state index contributed by atoms with van der Waals surface area (Å²) < 4.78 is 7.04. The monoisotopic (exact) mass is 372 g/mol. The van der Waals surface area contributed by atoms with Crippen LogP contribution < -0.4 is 5.32 Å². The molecular weight excluding hydrogens is 348 g/mol. The Kier molecular flexibility index (Phi) is 5.56. The first kappa shape index (κ1) is 18.4. The number of thiocarbonyl (C=S) groups is 1. The molecule has 1 saturated heterocycles. The highest BCUT2D eigenvalue weighted by atomic mass is 32.1. The van der Waals surface area contributed by atoms with Gasteiger partial charge in [-0.25, -0.2) is 0 Å². The van der Waals surface area contributed by atoms with E-state index in [-0.39, 0.29) is 24.5 Å². The van der Waals surface area contributed by atoms with Crippen LogP contribution in [0.2, 0.25) is 0 Å². The average molecular weight is 372 g/mol. The second-order valence-electron chi connectivity index (χ2n) is 6.58. The van der Waals surface area contributed by atoms with Crippen LogP contribution in [-0.4, -0.2) is 39.2 Å². The van der Waals surface area contributed by atoms with Crippen LogP contribution in [0.25, 0.3) is 0 Å². The van der Waals surface area contributed by atoms with Gasteiger partial charge in [-0.15, -0.1) is 0 Å². The number of nitrogens with zero attached hydrogens (tertiary/aromatic N) is 3. The van der Waals surface area contributed by atoms with Crippen LogP contribution in [0, 0.1) is 0 Å². The Bertz CT molecular complexity index is 775. The maximum Gasteiger partial charge on any atom is 0.307 e. The molecule has 3 heterocycles. The van der Waals surface area contributed by atoms with E-state index < -0.39 is 0 Å². The molecule has 6 nitrogen and oxygen atoms in total. The van der Waals surface area contributed by atoms with Crippen molar-refractivity contribution in [3.8, 4) is 0 Å². The molecule has 0 aliphatic carbocycles. The minimum atomic E-state index is -0.243. The van der Waals surface area contributed by atoms with Crippen molar-refractivity contribution in [3.63, 3.8) is 0 Å². The highest BCUT2D eigenvalue weighted by Gasteiger charge is 2.41. The smallest absolute Gasteiger partial charge is 0.307 e. The molecule has 26 heavy (non-hydrogen) atoms. The first-order chi connectivity index (χ1) is 12.5. The van der Waals surface area contributed by atoms with Crippen LogP contribution in [0.1, 0.15) is 49.8 Å². The van der Waals surface area contributed by atoms with E-state index in [0.717, 1.165) is 11.4 Å². The zero-order chi connectivity index (χ0) is 18.7.